The molecule has 104 valence electrons. The van der Waals surface area contributed by atoms with Gasteiger partial charge in [-0.25, -0.2) is 10.8 Å². The number of rotatable bonds is 3. The van der Waals surface area contributed by atoms with Gasteiger partial charge in [-0.2, -0.15) is 0 Å². The molecule has 2 aromatic carbocycles. The molecule has 0 heterocycles. The minimum atomic E-state index is -0.0593. The number of hydrogen-bond donors (Lipinski definition) is 3. The Bertz CT molecular complexity index is 583. The van der Waals surface area contributed by atoms with Crippen molar-refractivity contribution in [1.82, 2.24) is 5.43 Å². The first-order valence-corrected chi connectivity index (χ1v) is 6.69. The lowest BCUT2D eigenvalue weighted by Gasteiger charge is -2.13. The summed E-state index contributed by atoms with van der Waals surface area (Å²) in [6, 6.07) is 17.3. The summed E-state index contributed by atoms with van der Waals surface area (Å²) in [5, 5.41) is 3.82. The molecule has 0 aliphatic rings. The number of nitrogens with one attached hydrogen (secondary N) is 2. The van der Waals surface area contributed by atoms with Crippen molar-refractivity contribution in [2.75, 3.05) is 5.32 Å². The zero-order chi connectivity index (χ0) is 14.4. The molecule has 0 radical (unpaired) electrons. The van der Waals surface area contributed by atoms with Crippen LogP contribution in [0.1, 0.15) is 18.5 Å². The van der Waals surface area contributed by atoms with Crippen LogP contribution in [-0.2, 0) is 0 Å². The number of anilines is 1. The predicted octanol–water partition coefficient (Wildman–Crippen LogP) is 3.33. The minimum absolute atomic E-state index is 0.0593. The van der Waals surface area contributed by atoms with Crippen molar-refractivity contribution in [3.63, 3.8) is 0 Å². The second kappa shape index (κ2) is 6.93. The molecule has 0 aromatic heterocycles. The lowest BCUT2D eigenvalue weighted by atomic mass is 10.1. The van der Waals surface area contributed by atoms with Crippen molar-refractivity contribution < 1.29 is 0 Å². The fraction of sp³-hybridized carbons (Fsp3) is 0.133. The van der Waals surface area contributed by atoms with Gasteiger partial charge in [-0.3, -0.25) is 5.43 Å². The number of para-hydroxylation sites is 1. The molecule has 0 fully saturated rings. The molecule has 2 aromatic rings. The molecule has 2 rings (SSSR count). The first kappa shape index (κ1) is 14.4. The number of halogens is 1. The van der Waals surface area contributed by atoms with Gasteiger partial charge >= 0.3 is 0 Å². The number of hydrogen-bond acceptors (Lipinski definition) is 2. The van der Waals surface area contributed by atoms with Crippen LogP contribution in [0, 0.1) is 0 Å². The SMILES string of the molecule is CC(N=C(NN)Nc1ccccc1)c1cccc(Cl)c1. The van der Waals surface area contributed by atoms with Gasteiger partial charge in [0.15, 0.2) is 0 Å². The lowest BCUT2D eigenvalue weighted by Crippen LogP contribution is -2.36. The topological polar surface area (TPSA) is 62.4 Å². The summed E-state index contributed by atoms with van der Waals surface area (Å²) in [6.07, 6.45) is 0. The third-order valence-corrected chi connectivity index (χ3v) is 3.06. The van der Waals surface area contributed by atoms with Crippen molar-refractivity contribution in [2.24, 2.45) is 10.8 Å². The Morgan fingerprint density at radius 1 is 1.15 bits per heavy atom. The maximum atomic E-state index is 5.98. The minimum Gasteiger partial charge on any atom is -0.325 e. The van der Waals surface area contributed by atoms with Crippen LogP contribution in [0.15, 0.2) is 59.6 Å². The number of guanidine groups is 1. The van der Waals surface area contributed by atoms with Crippen molar-refractivity contribution in [3.8, 4) is 0 Å². The van der Waals surface area contributed by atoms with Gasteiger partial charge in [0.2, 0.25) is 5.96 Å². The highest BCUT2D eigenvalue weighted by atomic mass is 35.5. The first-order valence-electron chi connectivity index (χ1n) is 6.31. The zero-order valence-electron chi connectivity index (χ0n) is 11.2. The largest absolute Gasteiger partial charge is 0.325 e. The fourth-order valence-corrected chi connectivity index (χ4v) is 2.00. The molecule has 0 amide bonds. The van der Waals surface area contributed by atoms with E-state index >= 15 is 0 Å². The molecule has 1 unspecified atom stereocenters. The molecule has 0 saturated heterocycles. The Morgan fingerprint density at radius 2 is 1.90 bits per heavy atom. The van der Waals surface area contributed by atoms with Crippen LogP contribution in [0.5, 0.6) is 0 Å². The second-order valence-corrected chi connectivity index (χ2v) is 4.78. The van der Waals surface area contributed by atoms with Gasteiger partial charge in [-0.1, -0.05) is 41.9 Å². The number of hydrazine groups is 1. The lowest BCUT2D eigenvalue weighted by molar-refractivity contribution is 0.804. The molecular formula is C15H17ClN4. The highest BCUT2D eigenvalue weighted by Crippen LogP contribution is 2.20. The Labute approximate surface area is 123 Å². The van der Waals surface area contributed by atoms with Gasteiger partial charge in [0, 0.05) is 10.7 Å². The van der Waals surface area contributed by atoms with E-state index < -0.39 is 0 Å². The quantitative estimate of drug-likeness (QED) is 0.351. The van der Waals surface area contributed by atoms with Crippen LogP contribution >= 0.6 is 11.6 Å². The van der Waals surface area contributed by atoms with Crippen LogP contribution in [0.3, 0.4) is 0 Å². The molecule has 0 spiro atoms. The van der Waals surface area contributed by atoms with Crippen LogP contribution in [0.4, 0.5) is 5.69 Å². The summed E-state index contributed by atoms with van der Waals surface area (Å²) in [6.45, 7) is 1.98. The first-order chi connectivity index (χ1) is 9.69. The van der Waals surface area contributed by atoms with Gasteiger partial charge in [0.05, 0.1) is 6.04 Å². The average molecular weight is 289 g/mol. The van der Waals surface area contributed by atoms with Crippen molar-refractivity contribution >= 4 is 23.2 Å². The Kier molecular flexibility index (Phi) is 4.98. The third kappa shape index (κ3) is 3.98. The predicted molar refractivity (Wildman–Crippen MR) is 84.7 cm³/mol. The number of nitrogens with two attached hydrogens (primary N) is 1. The van der Waals surface area contributed by atoms with E-state index in [0.717, 1.165) is 11.3 Å². The zero-order valence-corrected chi connectivity index (χ0v) is 11.9. The molecule has 0 aliphatic heterocycles. The van der Waals surface area contributed by atoms with Gasteiger partial charge < -0.3 is 5.32 Å². The Hall–Kier alpha value is -2.04. The van der Waals surface area contributed by atoms with Gasteiger partial charge in [-0.05, 0) is 36.8 Å². The fourth-order valence-electron chi connectivity index (χ4n) is 1.80. The monoisotopic (exact) mass is 288 g/mol. The van der Waals surface area contributed by atoms with E-state index in [4.69, 9.17) is 17.4 Å². The van der Waals surface area contributed by atoms with Crippen LogP contribution < -0.4 is 16.6 Å². The highest BCUT2D eigenvalue weighted by molar-refractivity contribution is 6.30. The number of benzene rings is 2. The van der Waals surface area contributed by atoms with Crippen LogP contribution in [0.25, 0.3) is 0 Å². The van der Waals surface area contributed by atoms with E-state index in [1.807, 2.05) is 61.5 Å². The van der Waals surface area contributed by atoms with E-state index in [1.165, 1.54) is 0 Å². The molecule has 4 nitrogen and oxygen atoms in total. The molecule has 0 saturated carbocycles. The summed E-state index contributed by atoms with van der Waals surface area (Å²) >= 11 is 5.98. The normalized spacial score (nSPS) is 12.8. The highest BCUT2D eigenvalue weighted by Gasteiger charge is 2.06. The number of nitrogens with zero attached hydrogens (tertiary/aromatic N) is 1. The van der Waals surface area contributed by atoms with E-state index in [1.54, 1.807) is 0 Å². The standard InChI is InChI=1S/C15H17ClN4/c1-11(12-6-5-7-13(16)10-12)18-15(20-17)19-14-8-3-2-4-9-14/h2-11H,17H2,1H3,(H2,18,19,20). The smallest absolute Gasteiger partial charge is 0.210 e. The Balaban J connectivity index is 2.14. The van der Waals surface area contributed by atoms with E-state index in [2.05, 4.69) is 15.7 Å². The molecular weight excluding hydrogens is 272 g/mol. The van der Waals surface area contributed by atoms with Gasteiger partial charge in [-0.15, -0.1) is 0 Å². The summed E-state index contributed by atoms with van der Waals surface area (Å²) in [5.41, 5.74) is 4.52. The third-order valence-electron chi connectivity index (χ3n) is 2.83. The van der Waals surface area contributed by atoms with Crippen LogP contribution in [0.2, 0.25) is 5.02 Å². The van der Waals surface area contributed by atoms with Crippen molar-refractivity contribution in [1.29, 1.82) is 0 Å². The van der Waals surface area contributed by atoms with E-state index in [-0.39, 0.29) is 6.04 Å². The second-order valence-electron chi connectivity index (χ2n) is 4.34. The summed E-state index contributed by atoms with van der Waals surface area (Å²) in [4.78, 5) is 4.51. The summed E-state index contributed by atoms with van der Waals surface area (Å²) in [5.74, 6) is 6.01. The average Bonchev–Trinajstić information content (AvgIpc) is 2.47. The molecule has 4 N–H and O–H groups in total. The maximum absolute atomic E-state index is 5.98. The summed E-state index contributed by atoms with van der Waals surface area (Å²) in [7, 11) is 0. The van der Waals surface area contributed by atoms with Gasteiger partial charge in [0.1, 0.15) is 0 Å². The molecule has 0 aliphatic carbocycles. The van der Waals surface area contributed by atoms with Crippen molar-refractivity contribution in [2.45, 2.75) is 13.0 Å². The van der Waals surface area contributed by atoms with Crippen LogP contribution in [-0.4, -0.2) is 5.96 Å². The number of aliphatic imine (C=N–C) groups is 1. The summed E-state index contributed by atoms with van der Waals surface area (Å²) < 4.78 is 0. The maximum Gasteiger partial charge on any atom is 0.210 e. The Morgan fingerprint density at radius 3 is 2.55 bits per heavy atom. The molecule has 1 atom stereocenters. The molecule has 5 heteroatoms. The van der Waals surface area contributed by atoms with E-state index in [0.29, 0.717) is 11.0 Å². The van der Waals surface area contributed by atoms with E-state index in [9.17, 15) is 0 Å². The van der Waals surface area contributed by atoms with Gasteiger partial charge in [0.25, 0.3) is 0 Å². The molecule has 20 heavy (non-hydrogen) atoms. The van der Waals surface area contributed by atoms with Crippen molar-refractivity contribution in [3.05, 3.63) is 65.2 Å². The molecule has 0 bridgehead atoms.